The third-order valence-electron chi connectivity index (χ3n) is 2.94. The van der Waals surface area contributed by atoms with E-state index in [1.165, 1.54) is 0 Å². The molecule has 16 heavy (non-hydrogen) atoms. The Morgan fingerprint density at radius 3 is 3.19 bits per heavy atom. The van der Waals surface area contributed by atoms with Crippen molar-refractivity contribution in [1.82, 2.24) is 10.3 Å². The fourth-order valence-corrected chi connectivity index (χ4v) is 2.11. The number of hydrogen-bond acceptors (Lipinski definition) is 4. The van der Waals surface area contributed by atoms with Gasteiger partial charge in [-0.15, -0.1) is 0 Å². The van der Waals surface area contributed by atoms with Gasteiger partial charge >= 0.3 is 0 Å². The number of rotatable bonds is 3. The molecule has 1 fully saturated rings. The zero-order valence-electron chi connectivity index (χ0n) is 9.86. The summed E-state index contributed by atoms with van der Waals surface area (Å²) in [6, 6.07) is 5.06. The minimum atomic E-state index is 0.545. The summed E-state index contributed by atoms with van der Waals surface area (Å²) in [5.74, 6) is 0.659. The highest BCUT2D eigenvalue weighted by molar-refractivity contribution is 5.45. The van der Waals surface area contributed by atoms with Gasteiger partial charge in [-0.3, -0.25) is 0 Å². The van der Waals surface area contributed by atoms with E-state index >= 15 is 0 Å². The molecule has 2 heterocycles. The Bertz CT molecular complexity index is 343. The van der Waals surface area contributed by atoms with E-state index in [0.29, 0.717) is 18.0 Å². The predicted molar refractivity (Wildman–Crippen MR) is 64.9 cm³/mol. The number of nitrogens with one attached hydrogen (secondary N) is 2. The lowest BCUT2D eigenvalue weighted by Crippen LogP contribution is -2.41. The average Bonchev–Trinajstić information content (AvgIpc) is 2.29. The van der Waals surface area contributed by atoms with Gasteiger partial charge in [-0.05, 0) is 32.4 Å². The fraction of sp³-hybridized carbons (Fsp3) is 0.583. The largest absolute Gasteiger partial charge is 0.481 e. The van der Waals surface area contributed by atoms with Gasteiger partial charge in [0, 0.05) is 30.0 Å². The molecule has 2 unspecified atom stereocenters. The Morgan fingerprint density at radius 2 is 2.44 bits per heavy atom. The van der Waals surface area contributed by atoms with Gasteiger partial charge in [0.15, 0.2) is 0 Å². The van der Waals surface area contributed by atoms with Crippen LogP contribution in [-0.4, -0.2) is 30.7 Å². The molecule has 0 aliphatic carbocycles. The normalized spacial score (nSPS) is 25.1. The summed E-state index contributed by atoms with van der Waals surface area (Å²) in [5, 5.41) is 6.97. The van der Waals surface area contributed by atoms with E-state index < -0.39 is 0 Å². The van der Waals surface area contributed by atoms with E-state index in [2.05, 4.69) is 22.5 Å². The molecule has 0 amide bonds. The molecule has 88 valence electrons. The second-order valence-electron chi connectivity index (χ2n) is 4.31. The Balaban J connectivity index is 1.97. The molecule has 2 atom stereocenters. The summed E-state index contributed by atoms with van der Waals surface area (Å²) in [6.07, 6.45) is 4.09. The molecule has 0 bridgehead atoms. The lowest BCUT2D eigenvalue weighted by molar-refractivity contribution is 0.393. The third kappa shape index (κ3) is 2.85. The molecule has 1 aliphatic heterocycles. The fourth-order valence-electron chi connectivity index (χ4n) is 2.11. The topological polar surface area (TPSA) is 46.2 Å². The molecule has 0 radical (unpaired) electrons. The summed E-state index contributed by atoms with van der Waals surface area (Å²) in [7, 11) is 1.64. The number of hydrogen-bond donors (Lipinski definition) is 2. The number of nitrogens with zero attached hydrogens (tertiary/aromatic N) is 1. The predicted octanol–water partition coefficient (Wildman–Crippen LogP) is 1.64. The van der Waals surface area contributed by atoms with Crippen LogP contribution in [-0.2, 0) is 0 Å². The molecule has 4 nitrogen and oxygen atoms in total. The summed E-state index contributed by atoms with van der Waals surface area (Å²) in [5.41, 5.74) is 1.09. The van der Waals surface area contributed by atoms with Crippen molar-refractivity contribution in [2.24, 2.45) is 0 Å². The van der Waals surface area contributed by atoms with Crippen molar-refractivity contribution >= 4 is 5.69 Å². The maximum absolute atomic E-state index is 5.10. The van der Waals surface area contributed by atoms with E-state index in [4.69, 9.17) is 4.74 Å². The minimum Gasteiger partial charge on any atom is -0.481 e. The minimum absolute atomic E-state index is 0.545. The SMILES string of the molecule is COc1cc(NC2CCNC(C)C2)ccn1. The van der Waals surface area contributed by atoms with Crippen LogP contribution in [0.3, 0.4) is 0 Å². The summed E-state index contributed by atoms with van der Waals surface area (Å²) < 4.78 is 5.10. The lowest BCUT2D eigenvalue weighted by atomic mass is 10.0. The summed E-state index contributed by atoms with van der Waals surface area (Å²) in [6.45, 7) is 3.31. The molecule has 4 heteroatoms. The molecule has 1 aliphatic rings. The molecule has 0 saturated carbocycles. The van der Waals surface area contributed by atoms with Gasteiger partial charge in [-0.1, -0.05) is 0 Å². The van der Waals surface area contributed by atoms with Gasteiger partial charge in [0.05, 0.1) is 7.11 Å². The average molecular weight is 221 g/mol. The lowest BCUT2D eigenvalue weighted by Gasteiger charge is -2.29. The quantitative estimate of drug-likeness (QED) is 0.814. The molecule has 1 aromatic heterocycles. The first kappa shape index (κ1) is 11.2. The van der Waals surface area contributed by atoms with Crippen LogP contribution in [0.15, 0.2) is 18.3 Å². The van der Waals surface area contributed by atoms with Crippen LogP contribution in [0.4, 0.5) is 5.69 Å². The van der Waals surface area contributed by atoms with Crippen molar-refractivity contribution in [2.75, 3.05) is 19.0 Å². The Hall–Kier alpha value is -1.29. The van der Waals surface area contributed by atoms with Crippen molar-refractivity contribution in [3.63, 3.8) is 0 Å². The Kier molecular flexibility index (Phi) is 3.62. The highest BCUT2D eigenvalue weighted by atomic mass is 16.5. The number of ether oxygens (including phenoxy) is 1. The number of pyridine rings is 1. The van der Waals surface area contributed by atoms with E-state index in [1.54, 1.807) is 13.3 Å². The molecule has 2 N–H and O–H groups in total. The van der Waals surface area contributed by atoms with Crippen LogP contribution in [0.5, 0.6) is 5.88 Å². The second kappa shape index (κ2) is 5.16. The summed E-state index contributed by atoms with van der Waals surface area (Å²) >= 11 is 0. The van der Waals surface area contributed by atoms with Gasteiger partial charge in [-0.25, -0.2) is 4.98 Å². The highest BCUT2D eigenvalue weighted by Gasteiger charge is 2.17. The summed E-state index contributed by atoms with van der Waals surface area (Å²) in [4.78, 5) is 4.09. The maximum Gasteiger partial charge on any atom is 0.214 e. The molecule has 0 aromatic carbocycles. The van der Waals surface area contributed by atoms with Crippen LogP contribution < -0.4 is 15.4 Å². The standard InChI is InChI=1S/C12H19N3O/c1-9-7-10(3-5-13-9)15-11-4-6-14-12(8-11)16-2/h4,6,8-10,13H,3,5,7H2,1-2H3,(H,14,15). The smallest absolute Gasteiger partial charge is 0.214 e. The van der Waals surface area contributed by atoms with Crippen molar-refractivity contribution in [3.05, 3.63) is 18.3 Å². The molecule has 1 saturated heterocycles. The highest BCUT2D eigenvalue weighted by Crippen LogP contribution is 2.18. The molecular formula is C12H19N3O. The Labute approximate surface area is 96.4 Å². The van der Waals surface area contributed by atoms with Crippen LogP contribution >= 0.6 is 0 Å². The first-order valence-electron chi connectivity index (χ1n) is 5.78. The second-order valence-corrected chi connectivity index (χ2v) is 4.31. The van der Waals surface area contributed by atoms with E-state index in [0.717, 1.165) is 25.1 Å². The van der Waals surface area contributed by atoms with Crippen molar-refractivity contribution in [1.29, 1.82) is 0 Å². The van der Waals surface area contributed by atoms with Crippen molar-refractivity contribution in [3.8, 4) is 5.88 Å². The number of methoxy groups -OCH3 is 1. The van der Waals surface area contributed by atoms with Gasteiger partial charge in [0.2, 0.25) is 5.88 Å². The van der Waals surface area contributed by atoms with E-state index in [9.17, 15) is 0 Å². The zero-order valence-corrected chi connectivity index (χ0v) is 9.86. The zero-order chi connectivity index (χ0) is 11.4. The molecule has 2 rings (SSSR count). The maximum atomic E-state index is 5.10. The van der Waals surface area contributed by atoms with Crippen LogP contribution in [0.25, 0.3) is 0 Å². The van der Waals surface area contributed by atoms with E-state index in [-0.39, 0.29) is 0 Å². The van der Waals surface area contributed by atoms with Gasteiger partial charge in [-0.2, -0.15) is 0 Å². The molecule has 0 spiro atoms. The Morgan fingerprint density at radius 1 is 1.56 bits per heavy atom. The van der Waals surface area contributed by atoms with Crippen LogP contribution in [0.1, 0.15) is 19.8 Å². The van der Waals surface area contributed by atoms with Crippen molar-refractivity contribution < 1.29 is 4.74 Å². The van der Waals surface area contributed by atoms with Crippen LogP contribution in [0, 0.1) is 0 Å². The monoisotopic (exact) mass is 221 g/mol. The molecule has 1 aromatic rings. The number of piperidine rings is 1. The van der Waals surface area contributed by atoms with Gasteiger partial charge in [0.25, 0.3) is 0 Å². The van der Waals surface area contributed by atoms with E-state index in [1.807, 2.05) is 12.1 Å². The number of aromatic nitrogens is 1. The van der Waals surface area contributed by atoms with Gasteiger partial charge in [0.1, 0.15) is 0 Å². The molecular weight excluding hydrogens is 202 g/mol. The number of anilines is 1. The first-order valence-corrected chi connectivity index (χ1v) is 5.78. The third-order valence-corrected chi connectivity index (χ3v) is 2.94. The van der Waals surface area contributed by atoms with Gasteiger partial charge < -0.3 is 15.4 Å². The van der Waals surface area contributed by atoms with Crippen LogP contribution in [0.2, 0.25) is 0 Å². The van der Waals surface area contributed by atoms with Crippen molar-refractivity contribution in [2.45, 2.75) is 31.8 Å². The first-order chi connectivity index (χ1) is 7.78.